The van der Waals surface area contributed by atoms with Crippen LogP contribution in [0.3, 0.4) is 0 Å². The van der Waals surface area contributed by atoms with Gasteiger partial charge in [0.05, 0.1) is 23.4 Å². The molecule has 7 nitrogen and oxygen atoms in total. The summed E-state index contributed by atoms with van der Waals surface area (Å²) in [6, 6.07) is 14.3. The van der Waals surface area contributed by atoms with E-state index in [-0.39, 0.29) is 54.4 Å². The summed E-state index contributed by atoms with van der Waals surface area (Å²) in [7, 11) is 0. The molecule has 2 saturated carbocycles. The van der Waals surface area contributed by atoms with E-state index >= 15 is 0 Å². The molecular formula is C29H26N2O5. The van der Waals surface area contributed by atoms with Crippen molar-refractivity contribution >= 4 is 35.1 Å². The van der Waals surface area contributed by atoms with Crippen molar-refractivity contribution in [3.8, 4) is 5.75 Å². The highest BCUT2D eigenvalue weighted by Gasteiger charge is 2.67. The van der Waals surface area contributed by atoms with Crippen LogP contribution >= 0.6 is 0 Å². The van der Waals surface area contributed by atoms with Crippen LogP contribution in [0.4, 0.5) is 11.4 Å². The Morgan fingerprint density at radius 1 is 0.917 bits per heavy atom. The number of amides is 3. The van der Waals surface area contributed by atoms with Crippen LogP contribution < -0.4 is 14.5 Å². The normalized spacial score (nSPS) is 33.7. The number of carbonyl (C=O) groups is 4. The number of hydrogen-bond donors (Lipinski definition) is 0. The number of allylic oxidation sites excluding steroid dienone is 2. The second-order valence-electron chi connectivity index (χ2n) is 10.8. The van der Waals surface area contributed by atoms with Gasteiger partial charge in [0.15, 0.2) is 0 Å². The van der Waals surface area contributed by atoms with E-state index in [0.717, 1.165) is 12.1 Å². The van der Waals surface area contributed by atoms with Crippen LogP contribution in [0.5, 0.6) is 5.75 Å². The molecule has 0 spiro atoms. The fraction of sp³-hybridized carbons (Fsp3) is 0.379. The zero-order valence-electron chi connectivity index (χ0n) is 19.9. The summed E-state index contributed by atoms with van der Waals surface area (Å²) in [6.45, 7) is 2.09. The molecule has 6 aliphatic rings. The molecule has 3 amide bonds. The molecule has 0 N–H and O–H groups in total. The first-order valence-corrected chi connectivity index (χ1v) is 12.7. The van der Waals surface area contributed by atoms with Crippen molar-refractivity contribution in [2.75, 3.05) is 16.3 Å². The number of esters is 1. The van der Waals surface area contributed by atoms with Gasteiger partial charge in [-0.25, -0.2) is 4.90 Å². The summed E-state index contributed by atoms with van der Waals surface area (Å²) >= 11 is 0. The molecule has 36 heavy (non-hydrogen) atoms. The first-order chi connectivity index (χ1) is 17.4. The molecule has 2 aliphatic heterocycles. The largest absolute Gasteiger partial charge is 0.426 e. The van der Waals surface area contributed by atoms with Crippen molar-refractivity contribution in [3.63, 3.8) is 0 Å². The van der Waals surface area contributed by atoms with Gasteiger partial charge in [0, 0.05) is 18.7 Å². The highest BCUT2D eigenvalue weighted by Crippen LogP contribution is 2.65. The summed E-state index contributed by atoms with van der Waals surface area (Å²) < 4.78 is 5.63. The Kier molecular flexibility index (Phi) is 4.56. The second-order valence-corrected chi connectivity index (χ2v) is 10.8. The predicted molar refractivity (Wildman–Crippen MR) is 131 cm³/mol. The number of aryl methyl sites for hydroxylation is 1. The van der Waals surface area contributed by atoms with E-state index in [1.54, 1.807) is 23.1 Å². The molecule has 8 rings (SSSR count). The third-order valence-electron chi connectivity index (χ3n) is 8.82. The van der Waals surface area contributed by atoms with Gasteiger partial charge in [-0.3, -0.25) is 19.2 Å². The summed E-state index contributed by atoms with van der Waals surface area (Å²) in [5, 5.41) is 0. The Labute approximate surface area is 208 Å². The molecule has 0 radical (unpaired) electrons. The van der Waals surface area contributed by atoms with Crippen molar-refractivity contribution in [1.29, 1.82) is 0 Å². The lowest BCUT2D eigenvalue weighted by molar-refractivity contribution is -0.139. The summed E-state index contributed by atoms with van der Waals surface area (Å²) in [6.07, 6.45) is 5.56. The van der Waals surface area contributed by atoms with Crippen molar-refractivity contribution in [2.45, 2.75) is 19.8 Å². The van der Waals surface area contributed by atoms with Crippen LogP contribution in [0.15, 0.2) is 60.7 Å². The van der Waals surface area contributed by atoms with Crippen LogP contribution in [0.2, 0.25) is 0 Å². The molecule has 7 atom stereocenters. The molecule has 2 saturated heterocycles. The van der Waals surface area contributed by atoms with Crippen LogP contribution in [0.25, 0.3) is 0 Å². The zero-order chi connectivity index (χ0) is 24.7. The quantitative estimate of drug-likeness (QED) is 0.288. The predicted octanol–water partition coefficient (Wildman–Crippen LogP) is 3.51. The van der Waals surface area contributed by atoms with Crippen LogP contribution in [0, 0.1) is 48.3 Å². The maximum Gasteiger partial charge on any atom is 0.316 e. The average Bonchev–Trinajstić information content (AvgIpc) is 3.56. The van der Waals surface area contributed by atoms with Crippen molar-refractivity contribution < 1.29 is 23.9 Å². The first kappa shape index (κ1) is 21.5. The van der Waals surface area contributed by atoms with Crippen molar-refractivity contribution in [2.24, 2.45) is 41.4 Å². The minimum absolute atomic E-state index is 0.0999. The maximum absolute atomic E-state index is 13.4. The van der Waals surface area contributed by atoms with Crippen LogP contribution in [-0.4, -0.2) is 30.2 Å². The molecule has 0 unspecified atom stereocenters. The summed E-state index contributed by atoms with van der Waals surface area (Å²) in [5.74, 6) is -0.0283. The number of hydrogen-bond acceptors (Lipinski definition) is 5. The zero-order valence-corrected chi connectivity index (χ0v) is 19.9. The minimum atomic E-state index is -0.558. The number of benzene rings is 2. The standard InChI is InChI=1S/C29H26N2O5/c1-15-11-18(36-29(35)16-12-24(32)30(14-16)17-5-3-2-4-6-17)7-10-23(15)31-27(33)25-19-8-9-20(22-13-21(19)22)26(25)28(31)34/h2-11,16,19-22,25-26H,12-14H2,1H3/t16-,19+,20+,21+,22+,25-,26-/m1/s1. The van der Waals surface area contributed by atoms with Gasteiger partial charge in [-0.05, 0) is 72.9 Å². The fourth-order valence-electron chi connectivity index (χ4n) is 7.06. The SMILES string of the molecule is Cc1cc(OC(=O)[C@@H]2CC(=O)N(c3ccccc3)C2)ccc1N1C(=O)[C@@H]2[C@H]3C=C[C@@H]([C@@H]4C[C@@H]34)[C@H]2C1=O. The van der Waals surface area contributed by atoms with E-state index in [1.807, 2.05) is 37.3 Å². The third kappa shape index (κ3) is 3.04. The van der Waals surface area contributed by atoms with Gasteiger partial charge in [0.2, 0.25) is 17.7 Å². The average molecular weight is 483 g/mol. The maximum atomic E-state index is 13.4. The summed E-state index contributed by atoms with van der Waals surface area (Å²) in [4.78, 5) is 55.1. The van der Waals surface area contributed by atoms with E-state index in [1.165, 1.54) is 4.90 Å². The summed E-state index contributed by atoms with van der Waals surface area (Å²) in [5.41, 5.74) is 2.01. The smallest absolute Gasteiger partial charge is 0.316 e. The molecule has 0 aromatic heterocycles. The molecule has 4 fully saturated rings. The minimum Gasteiger partial charge on any atom is -0.426 e. The van der Waals surface area contributed by atoms with Crippen LogP contribution in [-0.2, 0) is 19.2 Å². The first-order valence-electron chi connectivity index (χ1n) is 12.7. The van der Waals surface area contributed by atoms with E-state index in [9.17, 15) is 19.2 Å². The van der Waals surface area contributed by atoms with Gasteiger partial charge in [0.1, 0.15) is 5.75 Å². The van der Waals surface area contributed by atoms with Crippen molar-refractivity contribution in [3.05, 3.63) is 66.2 Å². The Balaban J connectivity index is 1.07. The number of imide groups is 1. The Bertz CT molecular complexity index is 1310. The third-order valence-corrected chi connectivity index (χ3v) is 8.82. The molecular weight excluding hydrogens is 456 g/mol. The van der Waals surface area contributed by atoms with Gasteiger partial charge < -0.3 is 9.64 Å². The van der Waals surface area contributed by atoms with Gasteiger partial charge in [0.25, 0.3) is 0 Å². The van der Waals surface area contributed by atoms with Gasteiger partial charge in [-0.2, -0.15) is 0 Å². The Morgan fingerprint density at radius 3 is 2.22 bits per heavy atom. The Hall–Kier alpha value is -3.74. The Morgan fingerprint density at radius 2 is 1.58 bits per heavy atom. The molecule has 182 valence electrons. The molecule has 2 bridgehead atoms. The number of rotatable bonds is 4. The van der Waals surface area contributed by atoms with Crippen LogP contribution in [0.1, 0.15) is 18.4 Å². The monoisotopic (exact) mass is 482 g/mol. The van der Waals surface area contributed by atoms with E-state index in [0.29, 0.717) is 28.8 Å². The van der Waals surface area contributed by atoms with Gasteiger partial charge in [-0.15, -0.1) is 0 Å². The van der Waals surface area contributed by atoms with E-state index in [2.05, 4.69) is 12.2 Å². The van der Waals surface area contributed by atoms with Gasteiger partial charge in [-0.1, -0.05) is 30.4 Å². The number of anilines is 2. The number of nitrogens with zero attached hydrogens (tertiary/aromatic N) is 2. The lowest BCUT2D eigenvalue weighted by Crippen LogP contribution is -2.40. The molecule has 2 aromatic carbocycles. The lowest BCUT2D eigenvalue weighted by Gasteiger charge is -2.37. The number of carbonyl (C=O) groups excluding carboxylic acids is 4. The lowest BCUT2D eigenvalue weighted by atomic mass is 9.63. The van der Waals surface area contributed by atoms with Crippen molar-refractivity contribution in [1.82, 2.24) is 0 Å². The number of ether oxygens (including phenoxy) is 1. The topological polar surface area (TPSA) is 84.0 Å². The molecule has 2 heterocycles. The number of para-hydroxylation sites is 1. The highest BCUT2D eigenvalue weighted by atomic mass is 16.5. The second kappa shape index (κ2) is 7.63. The van der Waals surface area contributed by atoms with E-state index in [4.69, 9.17) is 4.74 Å². The molecule has 2 aromatic rings. The molecule has 7 heteroatoms. The highest BCUT2D eigenvalue weighted by molar-refractivity contribution is 6.23. The van der Waals surface area contributed by atoms with E-state index < -0.39 is 11.9 Å². The van der Waals surface area contributed by atoms with Gasteiger partial charge >= 0.3 is 5.97 Å². The molecule has 4 aliphatic carbocycles. The fourth-order valence-corrected chi connectivity index (χ4v) is 7.06.